The van der Waals surface area contributed by atoms with Gasteiger partial charge >= 0.3 is 6.18 Å². The minimum Gasteiger partial charge on any atom is -0.463 e. The fourth-order valence-corrected chi connectivity index (χ4v) is 4.36. The summed E-state index contributed by atoms with van der Waals surface area (Å²) in [5, 5.41) is 0.188. The van der Waals surface area contributed by atoms with Gasteiger partial charge in [-0.25, -0.2) is 4.98 Å². The Morgan fingerprint density at radius 2 is 1.93 bits per heavy atom. The molecule has 1 aromatic heterocycles. The van der Waals surface area contributed by atoms with Crippen molar-refractivity contribution in [2.75, 3.05) is 13.1 Å². The van der Waals surface area contributed by atoms with Crippen LogP contribution in [-0.4, -0.2) is 35.0 Å². The van der Waals surface area contributed by atoms with Crippen LogP contribution in [0.3, 0.4) is 0 Å². The van der Waals surface area contributed by atoms with Crippen molar-refractivity contribution in [3.05, 3.63) is 57.2 Å². The van der Waals surface area contributed by atoms with Gasteiger partial charge in [-0.05, 0) is 46.9 Å². The maximum atomic E-state index is 13.1. The first-order valence-corrected chi connectivity index (χ1v) is 9.89. The molecule has 1 aliphatic heterocycles. The van der Waals surface area contributed by atoms with Crippen molar-refractivity contribution < 1.29 is 22.7 Å². The lowest BCUT2D eigenvalue weighted by Gasteiger charge is -2.38. The third-order valence-electron chi connectivity index (χ3n) is 4.21. The number of halogens is 4. The Kier molecular flexibility index (Phi) is 4.75. The highest BCUT2D eigenvalue weighted by atomic mass is 127. The van der Waals surface area contributed by atoms with Crippen LogP contribution in [0.2, 0.25) is 0 Å². The molecular weight excluding hydrogens is 492 g/mol. The molecule has 27 heavy (non-hydrogen) atoms. The van der Waals surface area contributed by atoms with Crippen LogP contribution in [0.15, 0.2) is 42.5 Å². The second kappa shape index (κ2) is 6.93. The van der Waals surface area contributed by atoms with Crippen LogP contribution < -0.4 is 4.74 Å². The average Bonchev–Trinajstić information content (AvgIpc) is 2.99. The molecule has 0 atom stereocenters. The molecule has 2 aromatic carbocycles. The lowest BCUT2D eigenvalue weighted by atomic mass is 10.1. The van der Waals surface area contributed by atoms with Crippen LogP contribution in [-0.2, 0) is 6.18 Å². The van der Waals surface area contributed by atoms with Gasteiger partial charge in [0, 0.05) is 3.57 Å². The van der Waals surface area contributed by atoms with Gasteiger partial charge in [-0.15, -0.1) is 0 Å². The molecule has 140 valence electrons. The van der Waals surface area contributed by atoms with E-state index in [0.29, 0.717) is 23.4 Å². The Bertz CT molecular complexity index is 1020. The smallest absolute Gasteiger partial charge is 0.418 e. The minimum absolute atomic E-state index is 0.0801. The molecule has 0 aliphatic carbocycles. The molecule has 0 radical (unpaired) electrons. The maximum Gasteiger partial charge on any atom is 0.418 e. The first-order chi connectivity index (χ1) is 12.8. The quantitative estimate of drug-likeness (QED) is 0.481. The Morgan fingerprint density at radius 3 is 2.63 bits per heavy atom. The minimum atomic E-state index is -4.46. The third kappa shape index (κ3) is 3.62. The first-order valence-electron chi connectivity index (χ1n) is 8.00. The number of benzene rings is 2. The van der Waals surface area contributed by atoms with Gasteiger partial charge in [-0.1, -0.05) is 29.5 Å². The molecule has 4 rings (SSSR count). The highest BCUT2D eigenvalue weighted by Crippen LogP contribution is 2.38. The zero-order valence-electron chi connectivity index (χ0n) is 13.7. The van der Waals surface area contributed by atoms with Gasteiger partial charge < -0.3 is 9.64 Å². The number of likely N-dealkylation sites (tertiary alicyclic amines) is 1. The second-order valence-corrected chi connectivity index (χ2v) is 8.22. The summed E-state index contributed by atoms with van der Waals surface area (Å²) >= 11 is 3.19. The predicted octanol–water partition coefficient (Wildman–Crippen LogP) is 4.82. The standard InChI is InChI=1S/C18H12F3IN2O2S/c19-18(20,21)12-5-3-7-14-15(12)23-17(27-14)26-10-8-24(9-10)16(25)11-4-1-2-6-13(11)22/h1-7,10H,8-9H2. The summed E-state index contributed by atoms with van der Waals surface area (Å²) in [6, 6.07) is 11.3. The fraction of sp³-hybridized carbons (Fsp3) is 0.222. The molecule has 0 N–H and O–H groups in total. The Balaban J connectivity index is 1.45. The lowest BCUT2D eigenvalue weighted by Crippen LogP contribution is -2.56. The van der Waals surface area contributed by atoms with Crippen LogP contribution in [0.1, 0.15) is 15.9 Å². The van der Waals surface area contributed by atoms with E-state index < -0.39 is 11.7 Å². The summed E-state index contributed by atoms with van der Waals surface area (Å²) in [5.74, 6) is -0.0801. The molecule has 1 aliphatic rings. The number of amides is 1. The van der Waals surface area contributed by atoms with Gasteiger partial charge in [0.15, 0.2) is 0 Å². The number of carbonyl (C=O) groups excluding carboxylic acids is 1. The lowest BCUT2D eigenvalue weighted by molar-refractivity contribution is -0.136. The number of alkyl halides is 3. The van der Waals surface area contributed by atoms with Crippen LogP contribution in [0, 0.1) is 3.57 Å². The van der Waals surface area contributed by atoms with E-state index in [-0.39, 0.29) is 22.7 Å². The van der Waals surface area contributed by atoms with Crippen molar-refractivity contribution in [1.29, 1.82) is 0 Å². The summed E-state index contributed by atoms with van der Waals surface area (Å²) in [6.45, 7) is 0.762. The van der Waals surface area contributed by atoms with Crippen molar-refractivity contribution in [3.8, 4) is 5.19 Å². The number of thiazole rings is 1. The van der Waals surface area contributed by atoms with E-state index >= 15 is 0 Å². The number of fused-ring (bicyclic) bond motifs is 1. The van der Waals surface area contributed by atoms with E-state index in [1.165, 1.54) is 6.07 Å². The third-order valence-corrected chi connectivity index (χ3v) is 6.06. The van der Waals surface area contributed by atoms with Crippen molar-refractivity contribution in [2.45, 2.75) is 12.3 Å². The van der Waals surface area contributed by atoms with Crippen molar-refractivity contribution in [3.63, 3.8) is 0 Å². The topological polar surface area (TPSA) is 42.4 Å². The number of nitrogens with zero attached hydrogens (tertiary/aromatic N) is 2. The van der Waals surface area contributed by atoms with Gasteiger partial charge in [0.2, 0.25) is 0 Å². The van der Waals surface area contributed by atoms with Crippen LogP contribution in [0.4, 0.5) is 13.2 Å². The zero-order chi connectivity index (χ0) is 19.2. The normalized spacial score (nSPS) is 15.0. The van der Waals surface area contributed by atoms with Gasteiger partial charge in [0.25, 0.3) is 11.1 Å². The molecular formula is C18H12F3IN2O2S. The van der Waals surface area contributed by atoms with E-state index in [0.717, 1.165) is 21.0 Å². The zero-order valence-corrected chi connectivity index (χ0v) is 16.6. The van der Waals surface area contributed by atoms with Gasteiger partial charge in [-0.2, -0.15) is 13.2 Å². The Hall–Kier alpha value is -1.88. The number of ether oxygens (including phenoxy) is 1. The van der Waals surface area contributed by atoms with Crippen molar-refractivity contribution in [2.24, 2.45) is 0 Å². The second-order valence-electron chi connectivity index (χ2n) is 6.06. The molecule has 1 saturated heterocycles. The largest absolute Gasteiger partial charge is 0.463 e. The molecule has 9 heteroatoms. The molecule has 1 amide bonds. The van der Waals surface area contributed by atoms with Crippen molar-refractivity contribution >= 4 is 50.1 Å². The fourth-order valence-electron chi connectivity index (χ4n) is 2.83. The van der Waals surface area contributed by atoms with Crippen molar-refractivity contribution in [1.82, 2.24) is 9.88 Å². The molecule has 0 unspecified atom stereocenters. The van der Waals surface area contributed by atoms with Crippen LogP contribution in [0.25, 0.3) is 10.2 Å². The van der Waals surface area contributed by atoms with E-state index in [9.17, 15) is 18.0 Å². The van der Waals surface area contributed by atoms with E-state index in [1.807, 2.05) is 18.2 Å². The van der Waals surface area contributed by atoms with Crippen LogP contribution >= 0.6 is 33.9 Å². The number of hydrogen-bond donors (Lipinski definition) is 0. The SMILES string of the molecule is O=C(c1ccccc1I)N1CC(Oc2nc3c(C(F)(F)F)cccc3s2)C1. The maximum absolute atomic E-state index is 13.1. The van der Waals surface area contributed by atoms with Gasteiger partial charge in [0.05, 0.1) is 34.4 Å². The average molecular weight is 504 g/mol. The summed E-state index contributed by atoms with van der Waals surface area (Å²) in [6.07, 6.45) is -4.73. The number of aromatic nitrogens is 1. The molecule has 2 heterocycles. The molecule has 3 aromatic rings. The number of carbonyl (C=O) groups is 1. The predicted molar refractivity (Wildman–Crippen MR) is 104 cm³/mol. The monoisotopic (exact) mass is 504 g/mol. The summed E-state index contributed by atoms with van der Waals surface area (Å²) in [5.41, 5.74) is -0.238. The molecule has 0 saturated carbocycles. The van der Waals surface area contributed by atoms with E-state index in [1.54, 1.807) is 17.0 Å². The molecule has 4 nitrogen and oxygen atoms in total. The Morgan fingerprint density at radius 1 is 1.19 bits per heavy atom. The highest BCUT2D eigenvalue weighted by Gasteiger charge is 2.36. The molecule has 0 spiro atoms. The number of rotatable bonds is 3. The van der Waals surface area contributed by atoms with Crippen LogP contribution in [0.5, 0.6) is 5.19 Å². The first kappa shape index (κ1) is 18.5. The molecule has 0 bridgehead atoms. The van der Waals surface area contributed by atoms with Gasteiger partial charge in [0.1, 0.15) is 6.10 Å². The van der Waals surface area contributed by atoms with E-state index in [4.69, 9.17) is 4.74 Å². The highest BCUT2D eigenvalue weighted by molar-refractivity contribution is 14.1. The summed E-state index contributed by atoms with van der Waals surface area (Å²) < 4.78 is 46.2. The Labute approximate surface area is 170 Å². The summed E-state index contributed by atoms with van der Waals surface area (Å²) in [7, 11) is 0. The molecule has 1 fully saturated rings. The summed E-state index contributed by atoms with van der Waals surface area (Å²) in [4.78, 5) is 18.1. The van der Waals surface area contributed by atoms with Gasteiger partial charge in [-0.3, -0.25) is 4.79 Å². The number of hydrogen-bond acceptors (Lipinski definition) is 4. The van der Waals surface area contributed by atoms with E-state index in [2.05, 4.69) is 27.6 Å². The number of para-hydroxylation sites is 1.